The zero-order valence-corrected chi connectivity index (χ0v) is 22.5. The Morgan fingerprint density at radius 1 is 1.14 bits per heavy atom. The molecule has 0 bridgehead atoms. The number of methoxy groups -OCH3 is 1. The molecule has 7 nitrogen and oxygen atoms in total. The molecule has 1 spiro atoms. The molecule has 198 valence electrons. The number of amides is 1. The maximum atomic E-state index is 14.9. The molecule has 2 saturated heterocycles. The highest BCUT2D eigenvalue weighted by Gasteiger charge is 2.71. The summed E-state index contributed by atoms with van der Waals surface area (Å²) in [7, 11) is 2.81. The number of aliphatic carboxylic acids is 1. The fourth-order valence-electron chi connectivity index (χ4n) is 6.20. The van der Waals surface area contributed by atoms with Crippen LogP contribution >= 0.6 is 46.4 Å². The SMILES string of the molecule is COc1c(Cl)cc(N(C)C(=O)[C@H]2[C@H]3CC(F)(F)CN3[C@]3(CNc4c(Cl)cc(Cl)cc43)[C@H]2C(=O)O)cc1Cl. The summed E-state index contributed by atoms with van der Waals surface area (Å²) in [5.74, 6) is -7.56. The van der Waals surface area contributed by atoms with E-state index in [4.69, 9.17) is 51.1 Å². The molecule has 2 fully saturated rings. The van der Waals surface area contributed by atoms with Gasteiger partial charge in [-0.2, -0.15) is 0 Å². The number of fused-ring (bicyclic) bond motifs is 4. The quantitative estimate of drug-likeness (QED) is 0.477. The van der Waals surface area contributed by atoms with Crippen LogP contribution < -0.4 is 15.0 Å². The van der Waals surface area contributed by atoms with Crippen molar-refractivity contribution in [2.24, 2.45) is 11.8 Å². The zero-order chi connectivity index (χ0) is 27.0. The van der Waals surface area contributed by atoms with Gasteiger partial charge >= 0.3 is 5.97 Å². The lowest BCUT2D eigenvalue weighted by atomic mass is 9.74. The van der Waals surface area contributed by atoms with E-state index in [-0.39, 0.29) is 38.1 Å². The smallest absolute Gasteiger partial charge is 0.309 e. The number of halogens is 6. The lowest BCUT2D eigenvalue weighted by Gasteiger charge is -2.38. The van der Waals surface area contributed by atoms with Gasteiger partial charge in [0.05, 0.1) is 51.8 Å². The molecule has 0 unspecified atom stereocenters. The van der Waals surface area contributed by atoms with Gasteiger partial charge in [-0.15, -0.1) is 0 Å². The second kappa shape index (κ2) is 9.02. The molecule has 0 aromatic heterocycles. The van der Waals surface area contributed by atoms with E-state index in [2.05, 4.69) is 5.32 Å². The minimum atomic E-state index is -3.13. The fraction of sp³-hybridized carbons (Fsp3) is 0.417. The second-order valence-corrected chi connectivity index (χ2v) is 11.2. The number of carbonyl (C=O) groups excluding carboxylic acids is 1. The van der Waals surface area contributed by atoms with Crippen LogP contribution in [-0.4, -0.2) is 61.1 Å². The Balaban J connectivity index is 1.65. The monoisotopic (exact) mass is 593 g/mol. The van der Waals surface area contributed by atoms with Crippen LogP contribution in [0.3, 0.4) is 0 Å². The van der Waals surface area contributed by atoms with Crippen LogP contribution in [0.2, 0.25) is 20.1 Å². The number of hydrogen-bond acceptors (Lipinski definition) is 5. The molecule has 2 N–H and O–H groups in total. The largest absolute Gasteiger partial charge is 0.494 e. The number of carbonyl (C=O) groups is 2. The summed E-state index contributed by atoms with van der Waals surface area (Å²) in [6, 6.07) is 4.85. The topological polar surface area (TPSA) is 82.1 Å². The number of alkyl halides is 2. The minimum absolute atomic E-state index is 0.0281. The van der Waals surface area contributed by atoms with Gasteiger partial charge in [-0.05, 0) is 24.3 Å². The fourth-order valence-corrected chi connectivity index (χ4v) is 7.39. The van der Waals surface area contributed by atoms with Gasteiger partial charge in [-0.1, -0.05) is 46.4 Å². The number of rotatable bonds is 4. The van der Waals surface area contributed by atoms with Crippen molar-refractivity contribution in [1.82, 2.24) is 4.90 Å². The lowest BCUT2D eigenvalue weighted by Crippen LogP contribution is -2.51. The van der Waals surface area contributed by atoms with Crippen LogP contribution in [0.1, 0.15) is 12.0 Å². The van der Waals surface area contributed by atoms with E-state index in [0.29, 0.717) is 11.3 Å². The number of carboxylic acid groups (broad SMARTS) is 1. The van der Waals surface area contributed by atoms with Gasteiger partial charge in [0.1, 0.15) is 0 Å². The predicted molar refractivity (Wildman–Crippen MR) is 138 cm³/mol. The van der Waals surface area contributed by atoms with E-state index in [1.165, 1.54) is 48.2 Å². The molecule has 0 radical (unpaired) electrons. The Kier molecular flexibility index (Phi) is 6.47. The Bertz CT molecular complexity index is 1310. The summed E-state index contributed by atoms with van der Waals surface area (Å²) in [5.41, 5.74) is -0.412. The van der Waals surface area contributed by atoms with Crippen LogP contribution in [0.15, 0.2) is 24.3 Å². The normalized spacial score (nSPS) is 27.6. The van der Waals surface area contributed by atoms with Gasteiger partial charge in [0.2, 0.25) is 5.91 Å². The number of hydrogen-bond donors (Lipinski definition) is 2. The van der Waals surface area contributed by atoms with E-state index >= 15 is 0 Å². The Labute approximate surface area is 231 Å². The van der Waals surface area contributed by atoms with Crippen LogP contribution in [-0.2, 0) is 15.1 Å². The molecular weight excluding hydrogens is 574 g/mol. The molecular formula is C24H21Cl4F2N3O4. The Hall–Kier alpha value is -2.04. The van der Waals surface area contributed by atoms with Crippen molar-refractivity contribution >= 4 is 69.7 Å². The number of nitrogens with one attached hydrogen (secondary N) is 1. The van der Waals surface area contributed by atoms with Gasteiger partial charge < -0.3 is 20.1 Å². The second-order valence-electron chi connectivity index (χ2n) is 9.52. The van der Waals surface area contributed by atoms with E-state index in [1.54, 1.807) is 0 Å². The number of anilines is 2. The third-order valence-electron chi connectivity index (χ3n) is 7.62. The first kappa shape index (κ1) is 26.6. The summed E-state index contributed by atoms with van der Waals surface area (Å²) < 4.78 is 34.9. The number of ether oxygens (including phenoxy) is 1. The van der Waals surface area contributed by atoms with Gasteiger partial charge in [0.15, 0.2) is 5.75 Å². The van der Waals surface area contributed by atoms with Gasteiger partial charge in [0.25, 0.3) is 5.92 Å². The van der Waals surface area contributed by atoms with E-state index in [9.17, 15) is 23.5 Å². The summed E-state index contributed by atoms with van der Waals surface area (Å²) in [5, 5.41) is 14.3. The highest BCUT2D eigenvalue weighted by Crippen LogP contribution is 2.60. The standard InChI is InChI=1S/C24H21Cl4F2N3O4/c1-32(11-5-14(27)20(37-2)15(28)6-11)21(34)17-16-7-23(29,30)9-33(16)24(18(17)22(35)36)8-31-19-12(24)3-10(25)4-13(19)26/h3-6,16-18,31H,7-9H2,1-2H3,(H,35,36)/t16-,17+,18-,24+/m1/s1. The minimum Gasteiger partial charge on any atom is -0.494 e. The summed E-state index contributed by atoms with van der Waals surface area (Å²) >= 11 is 25.1. The van der Waals surface area contributed by atoms with Crippen molar-refractivity contribution < 1.29 is 28.2 Å². The maximum Gasteiger partial charge on any atom is 0.309 e. The molecule has 13 heteroatoms. The third kappa shape index (κ3) is 3.93. The molecule has 2 aromatic rings. The van der Waals surface area contributed by atoms with Crippen LogP contribution in [0.25, 0.3) is 0 Å². The first-order valence-corrected chi connectivity index (χ1v) is 12.7. The van der Waals surface area contributed by atoms with Gasteiger partial charge in [-0.3, -0.25) is 14.5 Å². The molecule has 3 heterocycles. The highest BCUT2D eigenvalue weighted by molar-refractivity contribution is 6.38. The average molecular weight is 595 g/mol. The molecule has 3 aliphatic rings. The van der Waals surface area contributed by atoms with Crippen molar-refractivity contribution in [2.45, 2.75) is 23.9 Å². The van der Waals surface area contributed by atoms with Crippen molar-refractivity contribution in [3.63, 3.8) is 0 Å². The Morgan fingerprint density at radius 3 is 2.38 bits per heavy atom. The van der Waals surface area contributed by atoms with Crippen molar-refractivity contribution in [3.05, 3.63) is 49.9 Å². The van der Waals surface area contributed by atoms with E-state index < -0.39 is 54.2 Å². The molecule has 4 atom stereocenters. The van der Waals surface area contributed by atoms with Gasteiger partial charge in [-0.25, -0.2) is 8.78 Å². The Morgan fingerprint density at radius 2 is 1.78 bits per heavy atom. The molecule has 2 aromatic carbocycles. The summed E-state index contributed by atoms with van der Waals surface area (Å²) in [6.45, 7) is -0.736. The third-order valence-corrected chi connectivity index (χ3v) is 8.70. The van der Waals surface area contributed by atoms with E-state index in [0.717, 1.165) is 0 Å². The molecule has 3 aliphatic heterocycles. The van der Waals surface area contributed by atoms with Crippen molar-refractivity contribution in [2.75, 3.05) is 37.5 Å². The summed E-state index contributed by atoms with van der Waals surface area (Å²) in [4.78, 5) is 29.5. The van der Waals surface area contributed by atoms with Gasteiger partial charge in [0, 0.05) is 42.3 Å². The highest BCUT2D eigenvalue weighted by atomic mass is 35.5. The van der Waals surface area contributed by atoms with Crippen LogP contribution in [0.5, 0.6) is 5.75 Å². The van der Waals surface area contributed by atoms with Crippen LogP contribution in [0.4, 0.5) is 20.2 Å². The maximum absolute atomic E-state index is 14.9. The zero-order valence-electron chi connectivity index (χ0n) is 19.5. The average Bonchev–Trinajstić information content (AvgIpc) is 3.41. The molecule has 1 amide bonds. The van der Waals surface area contributed by atoms with Crippen LogP contribution in [0, 0.1) is 11.8 Å². The summed E-state index contributed by atoms with van der Waals surface area (Å²) in [6.07, 6.45) is -0.670. The molecule has 37 heavy (non-hydrogen) atoms. The lowest BCUT2D eigenvalue weighted by molar-refractivity contribution is -0.149. The molecule has 0 saturated carbocycles. The number of carboxylic acids is 1. The predicted octanol–water partition coefficient (Wildman–Crippen LogP) is 5.63. The first-order valence-electron chi connectivity index (χ1n) is 11.2. The van der Waals surface area contributed by atoms with Crippen molar-refractivity contribution in [3.8, 4) is 5.75 Å². The molecule has 0 aliphatic carbocycles. The van der Waals surface area contributed by atoms with Crippen molar-refractivity contribution in [1.29, 1.82) is 0 Å². The van der Waals surface area contributed by atoms with E-state index in [1.807, 2.05) is 0 Å². The number of nitrogens with zero attached hydrogens (tertiary/aromatic N) is 2. The molecule has 5 rings (SSSR count). The first-order chi connectivity index (χ1) is 17.3. The number of benzene rings is 2.